The van der Waals surface area contributed by atoms with Crippen LogP contribution in [0.25, 0.3) is 0 Å². The van der Waals surface area contributed by atoms with Crippen LogP contribution in [0.15, 0.2) is 11.6 Å². The molecule has 4 rings (SSSR count). The molecule has 3 saturated carbocycles. The Bertz CT molecular complexity index is 504. The van der Waals surface area contributed by atoms with E-state index >= 15 is 0 Å². The summed E-state index contributed by atoms with van der Waals surface area (Å²) in [6.45, 7) is 2.24. The first-order chi connectivity index (χ1) is 9.59. The Morgan fingerprint density at radius 3 is 2.70 bits per heavy atom. The van der Waals surface area contributed by atoms with Crippen LogP contribution in [0, 0.1) is 29.1 Å². The molecule has 0 bridgehead atoms. The normalized spacial score (nSPS) is 47.4. The highest BCUT2D eigenvalue weighted by molar-refractivity contribution is 5.91. The van der Waals surface area contributed by atoms with Crippen LogP contribution in [-0.4, -0.2) is 11.6 Å². The SMILES string of the molecule is C[C@]12CC[C@@H]3[C@@H](CCC4=CC(=O)CC[C@H]43)[C@@H]1CCC2=O. The Labute approximate surface area is 121 Å². The summed E-state index contributed by atoms with van der Waals surface area (Å²) in [6.07, 6.45) is 10.3. The van der Waals surface area contributed by atoms with Crippen LogP contribution < -0.4 is 0 Å². The van der Waals surface area contributed by atoms with Gasteiger partial charge in [-0.3, -0.25) is 9.59 Å². The zero-order chi connectivity index (χ0) is 13.9. The number of rotatable bonds is 0. The van der Waals surface area contributed by atoms with Gasteiger partial charge < -0.3 is 0 Å². The molecule has 4 aliphatic carbocycles. The van der Waals surface area contributed by atoms with Crippen molar-refractivity contribution in [2.45, 2.75) is 58.3 Å². The highest BCUT2D eigenvalue weighted by atomic mass is 16.1. The van der Waals surface area contributed by atoms with Crippen molar-refractivity contribution in [3.63, 3.8) is 0 Å². The van der Waals surface area contributed by atoms with Gasteiger partial charge in [0.25, 0.3) is 0 Å². The summed E-state index contributed by atoms with van der Waals surface area (Å²) >= 11 is 0. The Kier molecular flexibility index (Phi) is 2.74. The Morgan fingerprint density at radius 2 is 1.85 bits per heavy atom. The molecular weight excluding hydrogens is 248 g/mol. The zero-order valence-electron chi connectivity index (χ0n) is 12.4. The van der Waals surface area contributed by atoms with Crippen LogP contribution >= 0.6 is 0 Å². The minimum atomic E-state index is -0.00707. The third-order valence-electron chi connectivity index (χ3n) is 7.01. The van der Waals surface area contributed by atoms with Crippen molar-refractivity contribution in [2.24, 2.45) is 29.1 Å². The first-order valence-corrected chi connectivity index (χ1v) is 8.36. The molecule has 0 radical (unpaired) electrons. The van der Waals surface area contributed by atoms with Crippen molar-refractivity contribution in [3.8, 4) is 0 Å². The van der Waals surface area contributed by atoms with Gasteiger partial charge in [0, 0.05) is 18.3 Å². The van der Waals surface area contributed by atoms with Crippen molar-refractivity contribution >= 4 is 11.6 Å². The molecule has 20 heavy (non-hydrogen) atoms. The van der Waals surface area contributed by atoms with E-state index in [1.54, 1.807) is 0 Å². The number of Topliss-reactive ketones (excluding diaryl/α,β-unsaturated/α-hetero) is 1. The lowest BCUT2D eigenvalue weighted by Gasteiger charge is -2.52. The maximum Gasteiger partial charge on any atom is 0.155 e. The fourth-order valence-corrected chi connectivity index (χ4v) is 5.95. The van der Waals surface area contributed by atoms with Crippen molar-refractivity contribution in [1.29, 1.82) is 0 Å². The molecule has 3 fully saturated rings. The first kappa shape index (κ1) is 12.8. The molecule has 108 valence electrons. The molecule has 4 aliphatic rings. The number of hydrogen-bond donors (Lipinski definition) is 0. The van der Waals surface area contributed by atoms with E-state index in [2.05, 4.69) is 6.92 Å². The number of allylic oxidation sites excluding steroid dienone is 1. The third kappa shape index (κ3) is 1.63. The summed E-state index contributed by atoms with van der Waals surface area (Å²) in [4.78, 5) is 23.9. The molecule has 0 aromatic rings. The van der Waals surface area contributed by atoms with E-state index in [1.165, 1.54) is 18.4 Å². The highest BCUT2D eigenvalue weighted by Gasteiger charge is 2.55. The van der Waals surface area contributed by atoms with E-state index in [4.69, 9.17) is 0 Å². The van der Waals surface area contributed by atoms with Crippen LogP contribution in [0.5, 0.6) is 0 Å². The summed E-state index contributed by atoms with van der Waals surface area (Å²) in [7, 11) is 0. The highest BCUT2D eigenvalue weighted by Crippen LogP contribution is 2.60. The van der Waals surface area contributed by atoms with Gasteiger partial charge in [-0.1, -0.05) is 12.5 Å². The molecule has 0 heterocycles. The van der Waals surface area contributed by atoms with Crippen LogP contribution in [0.3, 0.4) is 0 Å². The average molecular weight is 272 g/mol. The minimum absolute atomic E-state index is 0.00707. The lowest BCUT2D eigenvalue weighted by atomic mass is 9.52. The van der Waals surface area contributed by atoms with E-state index in [9.17, 15) is 9.59 Å². The fourth-order valence-electron chi connectivity index (χ4n) is 5.95. The van der Waals surface area contributed by atoms with E-state index in [1.807, 2.05) is 6.08 Å². The van der Waals surface area contributed by atoms with Gasteiger partial charge in [-0.15, -0.1) is 0 Å². The van der Waals surface area contributed by atoms with E-state index in [0.29, 0.717) is 23.4 Å². The van der Waals surface area contributed by atoms with Gasteiger partial charge in [0.1, 0.15) is 5.78 Å². The lowest BCUT2D eigenvalue weighted by Crippen LogP contribution is -2.46. The second-order valence-corrected chi connectivity index (χ2v) is 7.72. The number of carbonyl (C=O) groups excluding carboxylic acids is 2. The molecular formula is C18H24O2. The largest absolute Gasteiger partial charge is 0.299 e. The molecule has 2 heteroatoms. The Hall–Kier alpha value is -0.920. The number of fused-ring (bicyclic) bond motifs is 5. The van der Waals surface area contributed by atoms with E-state index in [-0.39, 0.29) is 5.41 Å². The average Bonchev–Trinajstić information content (AvgIpc) is 2.74. The Balaban J connectivity index is 1.65. The van der Waals surface area contributed by atoms with Crippen LogP contribution in [0.2, 0.25) is 0 Å². The molecule has 0 amide bonds. The van der Waals surface area contributed by atoms with Gasteiger partial charge in [0.2, 0.25) is 0 Å². The second kappa shape index (κ2) is 4.29. The molecule has 0 N–H and O–H groups in total. The summed E-state index contributed by atoms with van der Waals surface area (Å²) < 4.78 is 0. The molecule has 5 atom stereocenters. The van der Waals surface area contributed by atoms with Crippen molar-refractivity contribution in [1.82, 2.24) is 0 Å². The molecule has 0 aromatic heterocycles. The van der Waals surface area contributed by atoms with Crippen LogP contribution in [0.4, 0.5) is 0 Å². The Morgan fingerprint density at radius 1 is 1.00 bits per heavy atom. The van der Waals surface area contributed by atoms with Gasteiger partial charge in [-0.2, -0.15) is 0 Å². The minimum Gasteiger partial charge on any atom is -0.299 e. The standard InChI is InChI=1S/C18H24O2/c1-18-9-8-14-13-5-3-12(19)10-11(13)2-4-15(14)16(18)6-7-17(18)20/h10,13-16H,2-9H2,1H3/t13-,14+,15-,16+,18+/m1/s1. The smallest absolute Gasteiger partial charge is 0.155 e. The summed E-state index contributed by atoms with van der Waals surface area (Å²) in [6, 6.07) is 0. The number of carbonyl (C=O) groups is 2. The monoisotopic (exact) mass is 272 g/mol. The summed E-state index contributed by atoms with van der Waals surface area (Å²) in [5.41, 5.74) is 1.43. The third-order valence-corrected chi connectivity index (χ3v) is 7.01. The van der Waals surface area contributed by atoms with Crippen molar-refractivity contribution in [2.75, 3.05) is 0 Å². The quantitative estimate of drug-likeness (QED) is 0.674. The van der Waals surface area contributed by atoms with Crippen molar-refractivity contribution < 1.29 is 9.59 Å². The molecule has 0 unspecified atom stereocenters. The summed E-state index contributed by atoms with van der Waals surface area (Å²) in [5, 5.41) is 0. The van der Waals surface area contributed by atoms with E-state index < -0.39 is 0 Å². The van der Waals surface area contributed by atoms with Gasteiger partial charge in [-0.25, -0.2) is 0 Å². The maximum atomic E-state index is 12.3. The molecule has 2 nitrogen and oxygen atoms in total. The number of hydrogen-bond acceptors (Lipinski definition) is 2. The molecule has 0 aliphatic heterocycles. The number of ketones is 2. The predicted octanol–water partition coefficient (Wildman–Crippen LogP) is 3.70. The van der Waals surface area contributed by atoms with Gasteiger partial charge in [0.15, 0.2) is 5.78 Å². The summed E-state index contributed by atoms with van der Waals surface area (Å²) in [5.74, 6) is 3.66. The van der Waals surface area contributed by atoms with Crippen LogP contribution in [-0.2, 0) is 9.59 Å². The maximum absolute atomic E-state index is 12.3. The van der Waals surface area contributed by atoms with Crippen molar-refractivity contribution in [3.05, 3.63) is 11.6 Å². The van der Waals surface area contributed by atoms with Gasteiger partial charge >= 0.3 is 0 Å². The lowest BCUT2D eigenvalue weighted by molar-refractivity contribution is -0.131. The van der Waals surface area contributed by atoms with Gasteiger partial charge in [0.05, 0.1) is 0 Å². The second-order valence-electron chi connectivity index (χ2n) is 7.72. The molecule has 0 aromatic carbocycles. The zero-order valence-corrected chi connectivity index (χ0v) is 12.4. The molecule has 0 saturated heterocycles. The predicted molar refractivity (Wildman–Crippen MR) is 77.1 cm³/mol. The first-order valence-electron chi connectivity index (χ1n) is 8.36. The topological polar surface area (TPSA) is 34.1 Å². The van der Waals surface area contributed by atoms with Gasteiger partial charge in [-0.05, 0) is 68.3 Å². The van der Waals surface area contributed by atoms with Crippen LogP contribution in [0.1, 0.15) is 58.3 Å². The molecule has 0 spiro atoms. The fraction of sp³-hybridized carbons (Fsp3) is 0.778. The van der Waals surface area contributed by atoms with E-state index in [0.717, 1.165) is 50.4 Å².